The minimum absolute atomic E-state index is 0.183. The van der Waals surface area contributed by atoms with E-state index in [1.54, 1.807) is 36.4 Å². The number of aromatic amines is 1. The van der Waals surface area contributed by atoms with Gasteiger partial charge in [-0.2, -0.15) is 4.31 Å². The second-order valence-electron chi connectivity index (χ2n) is 6.47. The summed E-state index contributed by atoms with van der Waals surface area (Å²) in [6, 6.07) is 9.77. The average Bonchev–Trinajstić information content (AvgIpc) is 3.30. The number of hydrogen-bond donors (Lipinski definition) is 1. The molecular weight excluding hydrogens is 407 g/mol. The van der Waals surface area contributed by atoms with Crippen LogP contribution in [-0.2, 0) is 10.0 Å². The molecule has 0 radical (unpaired) electrons. The van der Waals surface area contributed by atoms with Crippen LogP contribution in [0, 0.1) is 0 Å². The van der Waals surface area contributed by atoms with Gasteiger partial charge in [0.1, 0.15) is 0 Å². The molecule has 2 heterocycles. The van der Waals surface area contributed by atoms with Crippen LogP contribution in [-0.4, -0.2) is 37.1 Å². The first-order valence-electron chi connectivity index (χ1n) is 8.48. The topological polar surface area (TPSA) is 70.2 Å². The van der Waals surface area contributed by atoms with Crippen LogP contribution < -0.4 is 0 Å². The molecule has 1 N–H and O–H groups in total. The molecule has 0 aliphatic carbocycles. The molecule has 1 fully saturated rings. The highest BCUT2D eigenvalue weighted by Crippen LogP contribution is 2.36. The Bertz CT molecular complexity index is 1150. The molecule has 140 valence electrons. The Morgan fingerprint density at radius 2 is 1.78 bits per heavy atom. The van der Waals surface area contributed by atoms with E-state index < -0.39 is 10.0 Å². The predicted molar refractivity (Wildman–Crippen MR) is 107 cm³/mol. The number of fused-ring (bicyclic) bond motifs is 1. The molecule has 0 saturated carbocycles. The van der Waals surface area contributed by atoms with Crippen LogP contribution in [0.1, 0.15) is 23.2 Å². The van der Waals surface area contributed by atoms with Crippen LogP contribution >= 0.6 is 23.2 Å². The number of halogens is 2. The van der Waals surface area contributed by atoms with Crippen LogP contribution in [0.5, 0.6) is 0 Å². The number of sulfonamides is 1. The molecule has 0 atom stereocenters. The Balaban J connectivity index is 1.90. The first-order chi connectivity index (χ1) is 12.9. The number of nitrogens with one attached hydrogen (secondary N) is 1. The highest BCUT2D eigenvalue weighted by atomic mass is 35.5. The Morgan fingerprint density at radius 3 is 2.48 bits per heavy atom. The van der Waals surface area contributed by atoms with E-state index in [9.17, 15) is 13.2 Å². The van der Waals surface area contributed by atoms with Crippen molar-refractivity contribution >= 4 is 50.4 Å². The van der Waals surface area contributed by atoms with Crippen molar-refractivity contribution < 1.29 is 13.2 Å². The number of rotatable bonds is 4. The lowest BCUT2D eigenvalue weighted by molar-refractivity contribution is 0.112. The van der Waals surface area contributed by atoms with Crippen molar-refractivity contribution in [3.63, 3.8) is 0 Å². The largest absolute Gasteiger partial charge is 0.354 e. The first-order valence-corrected chi connectivity index (χ1v) is 10.7. The highest BCUT2D eigenvalue weighted by Gasteiger charge is 2.28. The number of carbonyl (C=O) groups is 1. The Kier molecular flexibility index (Phi) is 4.76. The second-order valence-corrected chi connectivity index (χ2v) is 9.26. The zero-order chi connectivity index (χ0) is 19.2. The van der Waals surface area contributed by atoms with Gasteiger partial charge in [0, 0.05) is 40.1 Å². The van der Waals surface area contributed by atoms with E-state index in [0.29, 0.717) is 57.1 Å². The molecule has 1 aliphatic rings. The van der Waals surface area contributed by atoms with Crippen LogP contribution in [0.15, 0.2) is 41.3 Å². The molecule has 2 aromatic carbocycles. The van der Waals surface area contributed by atoms with Crippen molar-refractivity contribution in [3.8, 4) is 11.3 Å². The lowest BCUT2D eigenvalue weighted by atomic mass is 10.1. The van der Waals surface area contributed by atoms with E-state index in [-0.39, 0.29) is 4.90 Å². The maximum Gasteiger partial charge on any atom is 0.243 e. The van der Waals surface area contributed by atoms with Crippen molar-refractivity contribution in [1.82, 2.24) is 9.29 Å². The standard InChI is InChI=1S/C19H16Cl2N2O3S/c20-12-3-5-17(21)15(9-12)19-16(11-24)14-10-13(4-6-18(14)22-19)27(25,26)23-7-1-2-8-23/h3-6,9-11,22H,1-2,7-8H2. The number of benzene rings is 2. The normalized spacial score (nSPS) is 15.5. The summed E-state index contributed by atoms with van der Waals surface area (Å²) in [7, 11) is -3.57. The van der Waals surface area contributed by atoms with E-state index in [1.165, 1.54) is 4.31 Å². The number of nitrogens with zero attached hydrogens (tertiary/aromatic N) is 1. The van der Waals surface area contributed by atoms with Gasteiger partial charge in [-0.15, -0.1) is 0 Å². The van der Waals surface area contributed by atoms with Crippen molar-refractivity contribution in [2.45, 2.75) is 17.7 Å². The zero-order valence-corrected chi connectivity index (χ0v) is 16.5. The van der Waals surface area contributed by atoms with Crippen molar-refractivity contribution in [2.24, 2.45) is 0 Å². The zero-order valence-electron chi connectivity index (χ0n) is 14.2. The van der Waals surface area contributed by atoms with Crippen molar-refractivity contribution in [2.75, 3.05) is 13.1 Å². The molecule has 0 unspecified atom stereocenters. The van der Waals surface area contributed by atoms with Crippen molar-refractivity contribution in [1.29, 1.82) is 0 Å². The third-order valence-corrected chi connectivity index (χ3v) is 7.29. The molecule has 1 saturated heterocycles. The number of aldehydes is 1. The van der Waals surface area contributed by atoms with Crippen molar-refractivity contribution in [3.05, 3.63) is 52.0 Å². The molecule has 0 amide bonds. The lowest BCUT2D eigenvalue weighted by Crippen LogP contribution is -2.27. The maximum atomic E-state index is 12.8. The van der Waals surface area contributed by atoms with Gasteiger partial charge < -0.3 is 4.98 Å². The lowest BCUT2D eigenvalue weighted by Gasteiger charge is -2.15. The highest BCUT2D eigenvalue weighted by molar-refractivity contribution is 7.89. The summed E-state index contributed by atoms with van der Waals surface area (Å²) < 4.78 is 27.2. The summed E-state index contributed by atoms with van der Waals surface area (Å²) in [6.45, 7) is 1.05. The summed E-state index contributed by atoms with van der Waals surface area (Å²) in [5.41, 5.74) is 2.12. The minimum Gasteiger partial charge on any atom is -0.354 e. The van der Waals surface area contributed by atoms with Crippen LogP contribution in [0.25, 0.3) is 22.2 Å². The van der Waals surface area contributed by atoms with Gasteiger partial charge in [0.25, 0.3) is 0 Å². The van der Waals surface area contributed by atoms with E-state index in [2.05, 4.69) is 4.98 Å². The van der Waals surface area contributed by atoms with Gasteiger partial charge in [-0.25, -0.2) is 8.42 Å². The Morgan fingerprint density at radius 1 is 1.04 bits per heavy atom. The summed E-state index contributed by atoms with van der Waals surface area (Å²) in [4.78, 5) is 15.2. The quantitative estimate of drug-likeness (QED) is 0.617. The fraction of sp³-hybridized carbons (Fsp3) is 0.211. The molecule has 1 aliphatic heterocycles. The number of carbonyl (C=O) groups excluding carboxylic acids is 1. The third kappa shape index (κ3) is 3.17. The Hall–Kier alpha value is -1.86. The molecule has 4 rings (SSSR count). The predicted octanol–water partition coefficient (Wildman–Crippen LogP) is 4.74. The molecule has 1 aromatic heterocycles. The monoisotopic (exact) mass is 422 g/mol. The van der Waals surface area contributed by atoms with Crippen LogP contribution in [0.3, 0.4) is 0 Å². The number of aromatic nitrogens is 1. The van der Waals surface area contributed by atoms with E-state index >= 15 is 0 Å². The SMILES string of the molecule is O=Cc1c(-c2cc(Cl)ccc2Cl)[nH]c2ccc(S(=O)(=O)N3CCCC3)cc12. The van der Waals surface area contributed by atoms with E-state index in [1.807, 2.05) is 0 Å². The van der Waals surface area contributed by atoms with Gasteiger partial charge in [0.15, 0.2) is 6.29 Å². The van der Waals surface area contributed by atoms with Gasteiger partial charge in [-0.05, 0) is 49.2 Å². The third-order valence-electron chi connectivity index (χ3n) is 4.83. The van der Waals surface area contributed by atoms with Gasteiger partial charge in [0.05, 0.1) is 15.6 Å². The second kappa shape index (κ2) is 6.95. The number of hydrogen-bond acceptors (Lipinski definition) is 3. The van der Waals surface area contributed by atoms with Gasteiger partial charge >= 0.3 is 0 Å². The Labute approximate surface area is 166 Å². The molecule has 27 heavy (non-hydrogen) atoms. The molecule has 0 spiro atoms. The fourth-order valence-electron chi connectivity index (χ4n) is 3.45. The van der Waals surface area contributed by atoms with Gasteiger partial charge in [0.2, 0.25) is 10.0 Å². The molecule has 8 heteroatoms. The van der Waals surface area contributed by atoms with E-state index in [4.69, 9.17) is 23.2 Å². The van der Waals surface area contributed by atoms with Gasteiger partial charge in [-0.3, -0.25) is 4.79 Å². The average molecular weight is 423 g/mol. The summed E-state index contributed by atoms with van der Waals surface area (Å²) in [5, 5.41) is 1.47. The van der Waals surface area contributed by atoms with Crippen LogP contribution in [0.2, 0.25) is 10.0 Å². The van der Waals surface area contributed by atoms with Crippen LogP contribution in [0.4, 0.5) is 0 Å². The maximum absolute atomic E-state index is 12.8. The molecule has 3 aromatic rings. The summed E-state index contributed by atoms with van der Waals surface area (Å²) >= 11 is 12.4. The summed E-state index contributed by atoms with van der Waals surface area (Å²) in [6.07, 6.45) is 2.43. The number of H-pyrrole nitrogens is 1. The smallest absolute Gasteiger partial charge is 0.243 e. The molecular formula is C19H16Cl2N2O3S. The molecule has 0 bridgehead atoms. The summed E-state index contributed by atoms with van der Waals surface area (Å²) in [5.74, 6) is 0. The first kappa shape index (κ1) is 18.5. The fourth-order valence-corrected chi connectivity index (χ4v) is 5.38. The van der Waals surface area contributed by atoms with Gasteiger partial charge in [-0.1, -0.05) is 23.2 Å². The van der Waals surface area contributed by atoms with E-state index in [0.717, 1.165) is 12.8 Å². The molecule has 5 nitrogen and oxygen atoms in total. The minimum atomic E-state index is -3.57.